The van der Waals surface area contributed by atoms with Crippen LogP contribution in [0.3, 0.4) is 0 Å². The molecule has 206 valence electrons. The topological polar surface area (TPSA) is 71.0 Å². The molecule has 6 nitrogen and oxygen atoms in total. The Balaban J connectivity index is 1.00. The van der Waals surface area contributed by atoms with Crippen LogP contribution in [0.15, 0.2) is 72.8 Å². The molecule has 2 unspecified atom stereocenters. The summed E-state index contributed by atoms with van der Waals surface area (Å²) in [4.78, 5) is 14.3. The Labute approximate surface area is 235 Å². The van der Waals surface area contributed by atoms with Crippen LogP contribution in [0.4, 0.5) is 0 Å². The zero-order valence-corrected chi connectivity index (χ0v) is 23.3. The Hall–Kier alpha value is -3.06. The summed E-state index contributed by atoms with van der Waals surface area (Å²) in [6, 6.07) is 24.0. The Bertz CT molecular complexity index is 1220. The predicted molar refractivity (Wildman–Crippen MR) is 154 cm³/mol. The lowest BCUT2D eigenvalue weighted by Crippen LogP contribution is -2.33. The largest absolute Gasteiger partial charge is 0.492 e. The first-order valence-electron chi connectivity index (χ1n) is 13.8. The third-order valence-corrected chi connectivity index (χ3v) is 8.04. The fourth-order valence-corrected chi connectivity index (χ4v) is 5.62. The first-order chi connectivity index (χ1) is 18.9. The molecule has 0 spiro atoms. The molecule has 1 saturated heterocycles. The summed E-state index contributed by atoms with van der Waals surface area (Å²) >= 11 is 5.99. The molecule has 1 aliphatic heterocycles. The van der Waals surface area contributed by atoms with E-state index >= 15 is 0 Å². The lowest BCUT2D eigenvalue weighted by molar-refractivity contribution is -0.145. The molecule has 0 aromatic heterocycles. The van der Waals surface area contributed by atoms with Gasteiger partial charge in [-0.2, -0.15) is 0 Å². The number of fused-ring (bicyclic) bond motifs is 1. The molecule has 5 rings (SSSR count). The summed E-state index contributed by atoms with van der Waals surface area (Å²) in [7, 11) is 0. The van der Waals surface area contributed by atoms with E-state index in [4.69, 9.17) is 21.1 Å². The summed E-state index contributed by atoms with van der Waals surface area (Å²) in [5.74, 6) is 2.24. The predicted octanol–water partition coefficient (Wildman–Crippen LogP) is 5.64. The van der Waals surface area contributed by atoms with Gasteiger partial charge in [-0.1, -0.05) is 61.8 Å². The van der Waals surface area contributed by atoms with Gasteiger partial charge >= 0.3 is 5.97 Å². The van der Waals surface area contributed by atoms with Gasteiger partial charge in [-0.25, -0.2) is 4.79 Å². The van der Waals surface area contributed by atoms with E-state index in [1.807, 2.05) is 60.7 Å². The van der Waals surface area contributed by atoms with Gasteiger partial charge in [-0.3, -0.25) is 4.90 Å². The van der Waals surface area contributed by atoms with Crippen LogP contribution in [0.1, 0.15) is 36.5 Å². The number of halogens is 1. The van der Waals surface area contributed by atoms with Crippen LogP contribution in [0, 0.1) is 11.8 Å². The minimum Gasteiger partial charge on any atom is -0.492 e. The lowest BCUT2D eigenvalue weighted by atomic mass is 10.0. The highest BCUT2D eigenvalue weighted by Gasteiger charge is 2.55. The van der Waals surface area contributed by atoms with Gasteiger partial charge < -0.3 is 19.9 Å². The van der Waals surface area contributed by atoms with Gasteiger partial charge in [0, 0.05) is 43.7 Å². The number of carbonyl (C=O) groups is 1. The van der Waals surface area contributed by atoms with Gasteiger partial charge in [-0.05, 0) is 70.8 Å². The number of carboxylic acids is 1. The average Bonchev–Trinajstić information content (AvgIpc) is 3.38. The molecule has 0 amide bonds. The fraction of sp³-hybridized carbons (Fsp3) is 0.406. The molecule has 1 aliphatic carbocycles. The van der Waals surface area contributed by atoms with E-state index in [0.717, 1.165) is 54.4 Å². The number of carboxylic acid groups (broad SMARTS) is 1. The van der Waals surface area contributed by atoms with Gasteiger partial charge in [0.05, 0.1) is 0 Å². The number of likely N-dealkylation sites (tertiary alicyclic amines) is 1. The number of piperidine rings is 1. The molecule has 2 aliphatic rings. The standard InChI is InChI=1S/C32H37ClN2O4/c1-21(2)24-7-13-27(14-8-24)39-30(32(36)37)17-22-5-11-26(12-6-22)38-16-15-34-31-28-19-35(20-29(28)31)18-23-3-9-25(33)10-4-23/h3-14,21,28-31,34H,15-20H2,1-2H3,(H,36,37)/t28-,29?,30-,31?/m0/s1. The Morgan fingerprint density at radius 1 is 0.949 bits per heavy atom. The van der Waals surface area contributed by atoms with Crippen molar-refractivity contribution in [3.63, 3.8) is 0 Å². The third-order valence-electron chi connectivity index (χ3n) is 7.78. The van der Waals surface area contributed by atoms with Crippen molar-refractivity contribution in [1.82, 2.24) is 10.2 Å². The van der Waals surface area contributed by atoms with Crippen LogP contribution in [-0.4, -0.2) is 54.4 Å². The Morgan fingerprint density at radius 2 is 1.56 bits per heavy atom. The number of hydrogen-bond acceptors (Lipinski definition) is 5. The number of rotatable bonds is 13. The summed E-state index contributed by atoms with van der Waals surface area (Å²) < 4.78 is 11.7. The number of nitrogens with one attached hydrogen (secondary N) is 1. The first-order valence-corrected chi connectivity index (χ1v) is 14.1. The normalized spacial score (nSPS) is 21.0. The highest BCUT2D eigenvalue weighted by Crippen LogP contribution is 2.45. The Morgan fingerprint density at radius 3 is 2.18 bits per heavy atom. The first kappa shape index (κ1) is 27.5. The molecular weight excluding hydrogens is 512 g/mol. The maximum Gasteiger partial charge on any atom is 0.345 e. The van der Waals surface area contributed by atoms with Crippen LogP contribution >= 0.6 is 11.6 Å². The maximum atomic E-state index is 11.8. The minimum atomic E-state index is -0.979. The van der Waals surface area contributed by atoms with Crippen LogP contribution in [0.2, 0.25) is 5.02 Å². The van der Waals surface area contributed by atoms with E-state index in [0.29, 0.717) is 24.3 Å². The molecule has 0 bridgehead atoms. The molecule has 1 heterocycles. The van der Waals surface area contributed by atoms with Crippen molar-refractivity contribution < 1.29 is 19.4 Å². The van der Waals surface area contributed by atoms with E-state index in [1.54, 1.807) is 0 Å². The van der Waals surface area contributed by atoms with Crippen LogP contribution < -0.4 is 14.8 Å². The number of ether oxygens (including phenoxy) is 2. The minimum absolute atomic E-state index is 0.280. The molecule has 2 fully saturated rings. The molecule has 0 radical (unpaired) electrons. The van der Waals surface area contributed by atoms with Crippen molar-refractivity contribution in [2.75, 3.05) is 26.2 Å². The van der Waals surface area contributed by atoms with Crippen molar-refractivity contribution >= 4 is 17.6 Å². The molecule has 3 aromatic rings. The molecule has 1 saturated carbocycles. The quantitative estimate of drug-likeness (QED) is 0.269. The number of nitrogens with zero attached hydrogens (tertiary/aromatic N) is 1. The van der Waals surface area contributed by atoms with E-state index in [2.05, 4.69) is 36.2 Å². The van der Waals surface area contributed by atoms with Gasteiger partial charge in [0.1, 0.15) is 18.1 Å². The number of hydrogen-bond donors (Lipinski definition) is 2. The monoisotopic (exact) mass is 548 g/mol. The summed E-state index contributed by atoms with van der Waals surface area (Å²) in [6.07, 6.45) is -0.672. The summed E-state index contributed by atoms with van der Waals surface area (Å²) in [6.45, 7) is 8.90. The highest BCUT2D eigenvalue weighted by atomic mass is 35.5. The van der Waals surface area contributed by atoms with Gasteiger partial charge in [0.25, 0.3) is 0 Å². The Kier molecular flexibility index (Phi) is 8.75. The second-order valence-electron chi connectivity index (χ2n) is 11.0. The fourth-order valence-electron chi connectivity index (χ4n) is 5.50. The number of benzene rings is 3. The van der Waals surface area contributed by atoms with E-state index in [9.17, 15) is 9.90 Å². The van der Waals surface area contributed by atoms with Gasteiger partial charge in [0.2, 0.25) is 0 Å². The van der Waals surface area contributed by atoms with E-state index in [1.165, 1.54) is 11.1 Å². The molecule has 39 heavy (non-hydrogen) atoms. The molecule has 3 aromatic carbocycles. The smallest absolute Gasteiger partial charge is 0.345 e. The SMILES string of the molecule is CC(C)c1ccc(O[C@@H](Cc2ccc(OCCNC3C4CN(Cc5ccc(Cl)cc5)C[C@@H]43)cc2)C(=O)O)cc1. The molecule has 4 atom stereocenters. The second kappa shape index (κ2) is 12.4. The van der Waals surface area contributed by atoms with Crippen molar-refractivity contribution in [1.29, 1.82) is 0 Å². The molecule has 2 N–H and O–H groups in total. The molecular formula is C32H37ClN2O4. The van der Waals surface area contributed by atoms with Gasteiger partial charge in [0.15, 0.2) is 6.10 Å². The summed E-state index contributed by atoms with van der Waals surface area (Å²) in [5, 5.41) is 14.1. The van der Waals surface area contributed by atoms with Crippen LogP contribution in [-0.2, 0) is 17.8 Å². The van der Waals surface area contributed by atoms with Crippen molar-refractivity contribution in [3.05, 3.63) is 94.5 Å². The lowest BCUT2D eigenvalue weighted by Gasteiger charge is -2.20. The zero-order chi connectivity index (χ0) is 27.4. The van der Waals surface area contributed by atoms with Crippen molar-refractivity contribution in [2.24, 2.45) is 11.8 Å². The second-order valence-corrected chi connectivity index (χ2v) is 11.4. The van der Waals surface area contributed by atoms with Gasteiger partial charge in [-0.15, -0.1) is 0 Å². The van der Waals surface area contributed by atoms with Crippen LogP contribution in [0.25, 0.3) is 0 Å². The summed E-state index contributed by atoms with van der Waals surface area (Å²) in [5.41, 5.74) is 3.39. The maximum absolute atomic E-state index is 11.8. The zero-order valence-electron chi connectivity index (χ0n) is 22.6. The average molecular weight is 549 g/mol. The van der Waals surface area contributed by atoms with E-state index in [-0.39, 0.29) is 6.42 Å². The van der Waals surface area contributed by atoms with Crippen LogP contribution in [0.5, 0.6) is 11.5 Å². The molecule has 7 heteroatoms. The number of aliphatic carboxylic acids is 1. The third kappa shape index (κ3) is 7.33. The van der Waals surface area contributed by atoms with E-state index < -0.39 is 12.1 Å². The highest BCUT2D eigenvalue weighted by molar-refractivity contribution is 6.30. The van der Waals surface area contributed by atoms with Crippen molar-refractivity contribution in [3.8, 4) is 11.5 Å². The van der Waals surface area contributed by atoms with Crippen molar-refractivity contribution in [2.45, 2.75) is 44.9 Å².